The lowest BCUT2D eigenvalue weighted by atomic mass is 10.2. The highest BCUT2D eigenvalue weighted by atomic mass is 35.5. The van der Waals surface area contributed by atoms with Gasteiger partial charge >= 0.3 is 0 Å². The van der Waals surface area contributed by atoms with Crippen LogP contribution >= 0.6 is 23.2 Å². The lowest BCUT2D eigenvalue weighted by molar-refractivity contribution is -0.116. The third-order valence-electron chi connectivity index (χ3n) is 3.01. The first kappa shape index (κ1) is 18.2. The van der Waals surface area contributed by atoms with Crippen molar-refractivity contribution in [3.05, 3.63) is 28.2 Å². The summed E-state index contributed by atoms with van der Waals surface area (Å²) >= 11 is 11.8. The molecule has 0 spiro atoms. The first-order chi connectivity index (χ1) is 9.65. The Morgan fingerprint density at radius 1 is 1.38 bits per heavy atom. The normalized spacial score (nSPS) is 13.2. The van der Waals surface area contributed by atoms with Crippen LogP contribution in [0.2, 0.25) is 10.0 Å². The number of nitrogens with zero attached hydrogens (tertiary/aromatic N) is 1. The molecule has 0 saturated heterocycles. The third kappa shape index (κ3) is 5.47. The van der Waals surface area contributed by atoms with Gasteiger partial charge in [0, 0.05) is 11.1 Å². The molecule has 0 fully saturated rings. The number of hydrogen-bond donors (Lipinski definition) is 1. The number of carbonyl (C=O) groups excluding carboxylic acids is 1. The third-order valence-corrected chi connectivity index (χ3v) is 4.92. The Labute approximate surface area is 135 Å². The molecule has 0 aromatic heterocycles. The van der Waals surface area contributed by atoms with E-state index in [0.717, 1.165) is 10.6 Å². The molecule has 0 aliphatic heterocycles. The van der Waals surface area contributed by atoms with Gasteiger partial charge in [0.2, 0.25) is 15.9 Å². The van der Waals surface area contributed by atoms with Crippen LogP contribution in [0.3, 0.4) is 0 Å². The molecule has 1 N–H and O–H groups in total. The molecular weight excluding hydrogens is 335 g/mol. The van der Waals surface area contributed by atoms with Gasteiger partial charge < -0.3 is 5.32 Å². The van der Waals surface area contributed by atoms with E-state index in [2.05, 4.69) is 5.32 Å². The van der Waals surface area contributed by atoms with Crippen LogP contribution in [-0.2, 0) is 14.8 Å². The molecular formula is C13H18Cl2N2O3S. The number of hydrogen-bond acceptors (Lipinski definition) is 3. The lowest BCUT2D eigenvalue weighted by Crippen LogP contribution is -2.42. The Balaban J connectivity index is 2.86. The Hall–Kier alpha value is -0.820. The number of rotatable bonds is 6. The van der Waals surface area contributed by atoms with Gasteiger partial charge in [0.05, 0.1) is 23.5 Å². The van der Waals surface area contributed by atoms with E-state index in [1.165, 1.54) is 6.07 Å². The summed E-state index contributed by atoms with van der Waals surface area (Å²) < 4.78 is 24.6. The van der Waals surface area contributed by atoms with E-state index in [-0.39, 0.29) is 12.6 Å². The minimum absolute atomic E-state index is 0.263. The van der Waals surface area contributed by atoms with Crippen molar-refractivity contribution in [1.29, 1.82) is 0 Å². The quantitative estimate of drug-likeness (QED) is 0.855. The van der Waals surface area contributed by atoms with Crippen LogP contribution in [-0.4, -0.2) is 37.5 Å². The summed E-state index contributed by atoms with van der Waals surface area (Å²) in [5.74, 6) is -0.468. The van der Waals surface area contributed by atoms with Gasteiger partial charge in [-0.05, 0) is 31.5 Å². The number of carbonyl (C=O) groups is 1. The maximum Gasteiger partial charge on any atom is 0.239 e. The number of sulfonamides is 1. The zero-order valence-electron chi connectivity index (χ0n) is 12.1. The lowest BCUT2D eigenvalue weighted by Gasteiger charge is -2.25. The molecule has 8 heteroatoms. The van der Waals surface area contributed by atoms with Gasteiger partial charge in [-0.2, -0.15) is 4.31 Å². The van der Waals surface area contributed by atoms with Crippen LogP contribution in [0, 0.1) is 0 Å². The molecule has 1 amide bonds. The van der Waals surface area contributed by atoms with Crippen LogP contribution in [0.4, 0.5) is 5.69 Å². The standard InChI is InChI=1S/C13H18Cl2N2O3S/c1-4-9(2)17(21(3,19)20)8-13(18)16-12-7-10(14)5-6-11(12)15/h5-7,9H,4,8H2,1-3H3,(H,16,18). The van der Waals surface area contributed by atoms with E-state index in [4.69, 9.17) is 23.2 Å². The Morgan fingerprint density at radius 3 is 2.52 bits per heavy atom. The molecule has 0 heterocycles. The van der Waals surface area contributed by atoms with Crippen LogP contribution in [0.1, 0.15) is 20.3 Å². The average molecular weight is 353 g/mol. The van der Waals surface area contributed by atoms with Crippen molar-refractivity contribution < 1.29 is 13.2 Å². The maximum atomic E-state index is 12.0. The van der Waals surface area contributed by atoms with Crippen molar-refractivity contribution in [3.63, 3.8) is 0 Å². The number of anilines is 1. The predicted molar refractivity (Wildman–Crippen MR) is 86.4 cm³/mol. The second kappa shape index (κ2) is 7.45. The van der Waals surface area contributed by atoms with Crippen LogP contribution in [0.15, 0.2) is 18.2 Å². The predicted octanol–water partition coefficient (Wildman–Crippen LogP) is 2.99. The highest BCUT2D eigenvalue weighted by Gasteiger charge is 2.25. The highest BCUT2D eigenvalue weighted by Crippen LogP contribution is 2.25. The fraction of sp³-hybridized carbons (Fsp3) is 0.462. The summed E-state index contributed by atoms with van der Waals surface area (Å²) in [7, 11) is -3.47. The van der Waals surface area contributed by atoms with Crippen molar-refractivity contribution in [2.75, 3.05) is 18.1 Å². The minimum Gasteiger partial charge on any atom is -0.324 e. The van der Waals surface area contributed by atoms with E-state index < -0.39 is 15.9 Å². The highest BCUT2D eigenvalue weighted by molar-refractivity contribution is 7.88. The molecule has 1 rings (SSSR count). The summed E-state index contributed by atoms with van der Waals surface area (Å²) in [5.41, 5.74) is 0.353. The number of nitrogens with one attached hydrogen (secondary N) is 1. The zero-order valence-corrected chi connectivity index (χ0v) is 14.4. The first-order valence-electron chi connectivity index (χ1n) is 6.36. The number of benzene rings is 1. The van der Waals surface area contributed by atoms with E-state index in [1.54, 1.807) is 19.1 Å². The molecule has 0 saturated carbocycles. The minimum atomic E-state index is -3.47. The van der Waals surface area contributed by atoms with Gasteiger partial charge in [0.1, 0.15) is 0 Å². The van der Waals surface area contributed by atoms with Crippen molar-refractivity contribution in [3.8, 4) is 0 Å². The molecule has 0 aliphatic carbocycles. The van der Waals surface area contributed by atoms with Gasteiger partial charge in [0.15, 0.2) is 0 Å². The molecule has 5 nitrogen and oxygen atoms in total. The van der Waals surface area contributed by atoms with Crippen LogP contribution in [0.5, 0.6) is 0 Å². The molecule has 1 aromatic carbocycles. The maximum absolute atomic E-state index is 12.0. The molecule has 0 bridgehead atoms. The first-order valence-corrected chi connectivity index (χ1v) is 8.97. The van der Waals surface area contributed by atoms with Crippen molar-refractivity contribution in [2.24, 2.45) is 0 Å². The molecule has 21 heavy (non-hydrogen) atoms. The summed E-state index contributed by atoms with van der Waals surface area (Å²) in [6, 6.07) is 4.40. The van der Waals surface area contributed by atoms with E-state index in [0.29, 0.717) is 22.2 Å². The van der Waals surface area contributed by atoms with E-state index >= 15 is 0 Å². The van der Waals surface area contributed by atoms with Gasteiger partial charge in [-0.15, -0.1) is 0 Å². The second-order valence-electron chi connectivity index (χ2n) is 4.74. The molecule has 0 aliphatic rings. The van der Waals surface area contributed by atoms with Gasteiger partial charge in [-0.1, -0.05) is 30.1 Å². The average Bonchev–Trinajstić information content (AvgIpc) is 2.38. The summed E-state index contributed by atoms with van der Waals surface area (Å²) in [6.45, 7) is 3.34. The molecule has 118 valence electrons. The molecule has 1 unspecified atom stereocenters. The van der Waals surface area contributed by atoms with Gasteiger partial charge in [0.25, 0.3) is 0 Å². The van der Waals surface area contributed by atoms with Crippen LogP contribution < -0.4 is 5.32 Å². The van der Waals surface area contributed by atoms with E-state index in [9.17, 15) is 13.2 Å². The van der Waals surface area contributed by atoms with E-state index in [1.807, 2.05) is 6.92 Å². The van der Waals surface area contributed by atoms with Crippen molar-refractivity contribution in [2.45, 2.75) is 26.3 Å². The van der Waals surface area contributed by atoms with Crippen molar-refractivity contribution in [1.82, 2.24) is 4.31 Å². The molecule has 0 radical (unpaired) electrons. The number of halogens is 2. The second-order valence-corrected chi connectivity index (χ2v) is 7.52. The van der Waals surface area contributed by atoms with Gasteiger partial charge in [-0.3, -0.25) is 4.79 Å². The smallest absolute Gasteiger partial charge is 0.239 e. The topological polar surface area (TPSA) is 66.5 Å². The van der Waals surface area contributed by atoms with Crippen LogP contribution in [0.25, 0.3) is 0 Å². The zero-order chi connectivity index (χ0) is 16.2. The Kier molecular flexibility index (Phi) is 6.46. The fourth-order valence-electron chi connectivity index (χ4n) is 1.73. The number of amides is 1. The largest absolute Gasteiger partial charge is 0.324 e. The van der Waals surface area contributed by atoms with Gasteiger partial charge in [-0.25, -0.2) is 8.42 Å². The fourth-order valence-corrected chi connectivity index (χ4v) is 3.22. The monoisotopic (exact) mass is 352 g/mol. The molecule has 1 aromatic rings. The molecule has 1 atom stereocenters. The summed E-state index contributed by atoms with van der Waals surface area (Å²) in [5, 5.41) is 3.33. The SMILES string of the molecule is CCC(C)N(CC(=O)Nc1cc(Cl)ccc1Cl)S(C)(=O)=O. The summed E-state index contributed by atoms with van der Waals surface area (Å²) in [6.07, 6.45) is 1.69. The Bertz CT molecular complexity index is 620. The summed E-state index contributed by atoms with van der Waals surface area (Å²) in [4.78, 5) is 12.0. The Morgan fingerprint density at radius 2 is 2.00 bits per heavy atom. The van der Waals surface area contributed by atoms with Crippen molar-refractivity contribution >= 4 is 44.8 Å².